The summed E-state index contributed by atoms with van der Waals surface area (Å²) in [6.07, 6.45) is 0.229. The molecule has 74 valence electrons. The molecular formula is C9H14O3S. The number of rotatable bonds is 2. The van der Waals surface area contributed by atoms with Crippen LogP contribution in [0.15, 0.2) is 0 Å². The Hall–Kier alpha value is -0.220. The highest BCUT2D eigenvalue weighted by Gasteiger charge is 2.68. The molecule has 1 N–H and O–H groups in total. The normalized spacial score (nSPS) is 47.2. The zero-order valence-corrected chi connectivity index (χ0v) is 8.63. The fourth-order valence-corrected chi connectivity index (χ4v) is 4.25. The summed E-state index contributed by atoms with van der Waals surface area (Å²) >= 11 is 1.78. The molecule has 2 fully saturated rings. The fourth-order valence-electron chi connectivity index (χ4n) is 2.40. The monoisotopic (exact) mass is 202 g/mol. The summed E-state index contributed by atoms with van der Waals surface area (Å²) in [6, 6.07) is 0. The lowest BCUT2D eigenvalue weighted by Crippen LogP contribution is -2.19. The minimum absolute atomic E-state index is 0.00454. The maximum absolute atomic E-state index is 11.1. The van der Waals surface area contributed by atoms with E-state index in [1.807, 2.05) is 0 Å². The Morgan fingerprint density at radius 2 is 2.46 bits per heavy atom. The molecule has 0 aromatic carbocycles. The topological polar surface area (TPSA) is 46.5 Å². The number of ether oxygens (including phenoxy) is 1. The number of esters is 1. The average molecular weight is 202 g/mol. The van der Waals surface area contributed by atoms with E-state index >= 15 is 0 Å². The van der Waals surface area contributed by atoms with E-state index in [4.69, 9.17) is 0 Å². The lowest BCUT2D eigenvalue weighted by atomic mass is 10.00. The molecule has 0 spiro atoms. The van der Waals surface area contributed by atoms with Crippen molar-refractivity contribution in [2.24, 2.45) is 11.3 Å². The minimum Gasteiger partial charge on any atom is -0.469 e. The molecule has 0 unspecified atom stereocenters. The van der Waals surface area contributed by atoms with Gasteiger partial charge in [-0.15, -0.1) is 0 Å². The van der Waals surface area contributed by atoms with Crippen molar-refractivity contribution >= 4 is 17.7 Å². The van der Waals surface area contributed by atoms with Gasteiger partial charge in [0.1, 0.15) is 0 Å². The van der Waals surface area contributed by atoms with E-state index in [1.165, 1.54) is 7.11 Å². The van der Waals surface area contributed by atoms with E-state index in [9.17, 15) is 9.90 Å². The zero-order chi connectivity index (χ0) is 9.64. The molecular weight excluding hydrogens is 188 g/mol. The van der Waals surface area contributed by atoms with Gasteiger partial charge in [-0.2, -0.15) is 11.8 Å². The van der Waals surface area contributed by atoms with E-state index < -0.39 is 0 Å². The molecule has 1 saturated heterocycles. The average Bonchev–Trinajstić information content (AvgIpc) is 2.44. The second-order valence-electron chi connectivity index (χ2n) is 4.11. The molecule has 0 bridgehead atoms. The summed E-state index contributed by atoms with van der Waals surface area (Å²) in [5.41, 5.74) is -0.00454. The van der Waals surface area contributed by atoms with Crippen LogP contribution in [-0.2, 0) is 9.53 Å². The van der Waals surface area contributed by atoms with Crippen LogP contribution >= 0.6 is 11.8 Å². The van der Waals surface area contributed by atoms with E-state index in [-0.39, 0.29) is 17.5 Å². The number of hydrogen-bond donors (Lipinski definition) is 1. The number of fused-ring (bicyclic) bond motifs is 1. The van der Waals surface area contributed by atoms with Gasteiger partial charge in [0, 0.05) is 16.9 Å². The predicted octanol–water partition coefficient (Wildman–Crippen LogP) is 0.662. The van der Waals surface area contributed by atoms with Crippen LogP contribution < -0.4 is 0 Å². The van der Waals surface area contributed by atoms with Gasteiger partial charge in [0.2, 0.25) is 0 Å². The molecule has 0 aromatic rings. The quantitative estimate of drug-likeness (QED) is 0.668. The van der Waals surface area contributed by atoms with Crippen molar-refractivity contribution in [2.45, 2.75) is 24.7 Å². The van der Waals surface area contributed by atoms with Gasteiger partial charge in [-0.25, -0.2) is 0 Å². The van der Waals surface area contributed by atoms with Gasteiger partial charge in [0.05, 0.1) is 19.6 Å². The molecule has 2 aliphatic rings. The first-order valence-corrected chi connectivity index (χ1v) is 5.51. The summed E-state index contributed by atoms with van der Waals surface area (Å²) in [5, 5.41) is 10.1. The molecule has 4 heteroatoms. The van der Waals surface area contributed by atoms with Gasteiger partial charge in [0.25, 0.3) is 0 Å². The molecule has 0 radical (unpaired) electrons. The van der Waals surface area contributed by atoms with E-state index in [2.05, 4.69) is 11.7 Å². The van der Waals surface area contributed by atoms with Gasteiger partial charge >= 0.3 is 5.97 Å². The highest BCUT2D eigenvalue weighted by molar-refractivity contribution is 8.00. The summed E-state index contributed by atoms with van der Waals surface area (Å²) in [7, 11) is 1.41. The number of carbonyl (C=O) groups excluding carboxylic acids is 1. The second-order valence-corrected chi connectivity index (χ2v) is 5.28. The Bertz CT molecular complexity index is 243. The number of hydrogen-bond acceptors (Lipinski definition) is 4. The van der Waals surface area contributed by atoms with Crippen LogP contribution in [0.3, 0.4) is 0 Å². The van der Waals surface area contributed by atoms with Gasteiger partial charge in [-0.05, 0) is 5.41 Å². The summed E-state index contributed by atoms with van der Waals surface area (Å²) in [6.45, 7) is 2.06. The van der Waals surface area contributed by atoms with Crippen LogP contribution in [0.5, 0.6) is 0 Å². The first-order chi connectivity index (χ1) is 6.09. The maximum Gasteiger partial charge on any atom is 0.306 e. The number of aliphatic hydroxyl groups is 1. The van der Waals surface area contributed by atoms with Gasteiger partial charge in [-0.3, -0.25) is 4.79 Å². The van der Waals surface area contributed by atoms with Crippen molar-refractivity contribution in [3.05, 3.63) is 0 Å². The van der Waals surface area contributed by atoms with E-state index in [1.54, 1.807) is 11.8 Å². The van der Waals surface area contributed by atoms with Gasteiger partial charge in [0.15, 0.2) is 0 Å². The first-order valence-electron chi connectivity index (χ1n) is 4.46. The van der Waals surface area contributed by atoms with Crippen molar-refractivity contribution < 1.29 is 14.6 Å². The lowest BCUT2D eigenvalue weighted by Gasteiger charge is -2.15. The van der Waals surface area contributed by atoms with Crippen LogP contribution in [0.4, 0.5) is 0 Å². The number of aliphatic hydroxyl groups excluding tert-OH is 1. The number of methoxy groups -OCH3 is 1. The minimum atomic E-state index is -0.218. The molecule has 1 aliphatic heterocycles. The molecule has 0 amide bonds. The largest absolute Gasteiger partial charge is 0.469 e. The molecule has 13 heavy (non-hydrogen) atoms. The van der Waals surface area contributed by atoms with Crippen LogP contribution in [0, 0.1) is 11.3 Å². The Kier molecular flexibility index (Phi) is 2.07. The zero-order valence-electron chi connectivity index (χ0n) is 7.82. The van der Waals surface area contributed by atoms with Crippen LogP contribution in [0.25, 0.3) is 0 Å². The van der Waals surface area contributed by atoms with Crippen molar-refractivity contribution in [3.8, 4) is 0 Å². The standard InChI is InChI=1S/C9H14O3S/c1-9(3-6(11)12-2)7-5(10)4-13-8(7)9/h5,7-8,10H,3-4H2,1-2H3/t5-,7+,8-,9-/m1/s1. The van der Waals surface area contributed by atoms with Crippen LogP contribution in [0.1, 0.15) is 13.3 Å². The van der Waals surface area contributed by atoms with Crippen molar-refractivity contribution in [3.63, 3.8) is 0 Å². The molecule has 1 heterocycles. The van der Waals surface area contributed by atoms with Crippen LogP contribution in [-0.4, -0.2) is 35.3 Å². The number of thioether (sulfide) groups is 1. The molecule has 0 aromatic heterocycles. The highest BCUT2D eigenvalue weighted by atomic mass is 32.2. The summed E-state index contributed by atoms with van der Waals surface area (Å²) in [4.78, 5) is 11.1. The third-order valence-corrected chi connectivity index (χ3v) is 4.97. The Labute approximate surface area is 81.8 Å². The maximum atomic E-state index is 11.1. The second kappa shape index (κ2) is 2.89. The van der Waals surface area contributed by atoms with Crippen molar-refractivity contribution in [1.29, 1.82) is 0 Å². The Balaban J connectivity index is 1.98. The predicted molar refractivity (Wildman–Crippen MR) is 50.5 cm³/mol. The smallest absolute Gasteiger partial charge is 0.306 e. The van der Waals surface area contributed by atoms with Gasteiger partial charge < -0.3 is 9.84 Å². The molecule has 2 rings (SSSR count). The molecule has 1 saturated carbocycles. The first kappa shape index (κ1) is 9.34. The summed E-state index contributed by atoms with van der Waals surface area (Å²) in [5.74, 6) is 0.979. The van der Waals surface area contributed by atoms with E-state index in [0.717, 1.165) is 5.75 Å². The molecule has 1 aliphatic carbocycles. The fraction of sp³-hybridized carbons (Fsp3) is 0.889. The Morgan fingerprint density at radius 3 is 2.92 bits per heavy atom. The molecule has 3 nitrogen and oxygen atoms in total. The van der Waals surface area contributed by atoms with Crippen molar-refractivity contribution in [2.75, 3.05) is 12.9 Å². The van der Waals surface area contributed by atoms with Crippen LogP contribution in [0.2, 0.25) is 0 Å². The van der Waals surface area contributed by atoms with E-state index in [0.29, 0.717) is 17.6 Å². The summed E-state index contributed by atoms with van der Waals surface area (Å²) < 4.78 is 4.64. The third-order valence-electron chi connectivity index (χ3n) is 3.24. The lowest BCUT2D eigenvalue weighted by molar-refractivity contribution is -0.142. The number of carbonyl (C=O) groups is 1. The van der Waals surface area contributed by atoms with Gasteiger partial charge in [-0.1, -0.05) is 6.92 Å². The third kappa shape index (κ3) is 1.27. The SMILES string of the molecule is COC(=O)C[C@]1(C)[C@H]2[C@H](O)CS[C@H]21. The highest BCUT2D eigenvalue weighted by Crippen LogP contribution is 2.67. The molecule has 4 atom stereocenters. The van der Waals surface area contributed by atoms with Crippen molar-refractivity contribution in [1.82, 2.24) is 0 Å². The Morgan fingerprint density at radius 1 is 1.77 bits per heavy atom.